The van der Waals surface area contributed by atoms with E-state index >= 15 is 0 Å². The molecule has 1 aliphatic heterocycles. The van der Waals surface area contributed by atoms with Crippen LogP contribution < -0.4 is 10.0 Å². The van der Waals surface area contributed by atoms with Crippen LogP contribution in [0.5, 0.6) is 0 Å². The number of sulfonamides is 1. The van der Waals surface area contributed by atoms with Gasteiger partial charge in [0.25, 0.3) is 0 Å². The second-order valence-corrected chi connectivity index (χ2v) is 8.84. The molecule has 1 aliphatic rings. The summed E-state index contributed by atoms with van der Waals surface area (Å²) in [6.07, 6.45) is 0.793. The smallest absolute Gasteiger partial charge is 0.238 e. The van der Waals surface area contributed by atoms with Gasteiger partial charge in [-0.2, -0.15) is 0 Å². The molecule has 9 heteroatoms. The van der Waals surface area contributed by atoms with Gasteiger partial charge in [0, 0.05) is 38.2 Å². The van der Waals surface area contributed by atoms with Crippen molar-refractivity contribution in [3.05, 3.63) is 59.4 Å². The maximum Gasteiger partial charge on any atom is 0.238 e. The Labute approximate surface area is 175 Å². The predicted octanol–water partition coefficient (Wildman–Crippen LogP) is 1.96. The highest BCUT2D eigenvalue weighted by Gasteiger charge is 2.23. The van der Waals surface area contributed by atoms with Crippen LogP contribution in [0, 0.1) is 5.82 Å². The first-order chi connectivity index (χ1) is 14.1. The van der Waals surface area contributed by atoms with Crippen LogP contribution in [-0.2, 0) is 21.2 Å². The van der Waals surface area contributed by atoms with Crippen molar-refractivity contribution in [2.75, 3.05) is 31.1 Å². The number of ketones is 1. The number of rotatable bonds is 6. The van der Waals surface area contributed by atoms with Crippen molar-refractivity contribution in [1.82, 2.24) is 4.90 Å². The molecular formula is C21H24FN3O4S. The summed E-state index contributed by atoms with van der Waals surface area (Å²) in [7, 11) is -3.73. The fraction of sp³-hybridized carbons (Fsp3) is 0.333. The molecule has 1 heterocycles. The average molecular weight is 434 g/mol. The number of Topliss-reactive ketones (excluding diaryl/α,β-unsaturated/α-hetero) is 1. The highest BCUT2D eigenvalue weighted by molar-refractivity contribution is 7.89. The third-order valence-corrected chi connectivity index (χ3v) is 6.14. The molecule has 2 N–H and O–H groups in total. The number of amides is 1. The van der Waals surface area contributed by atoms with Gasteiger partial charge < -0.3 is 9.80 Å². The molecule has 0 aliphatic carbocycles. The number of primary sulfonamides is 1. The minimum absolute atomic E-state index is 0.00225. The second-order valence-electron chi connectivity index (χ2n) is 7.28. The summed E-state index contributed by atoms with van der Waals surface area (Å²) in [5.41, 5.74) is 1.62. The molecule has 3 rings (SSSR count). The second kappa shape index (κ2) is 8.93. The largest absolute Gasteiger partial charge is 0.366 e. The van der Waals surface area contributed by atoms with Gasteiger partial charge in [-0.3, -0.25) is 9.59 Å². The Morgan fingerprint density at radius 2 is 1.67 bits per heavy atom. The predicted molar refractivity (Wildman–Crippen MR) is 111 cm³/mol. The van der Waals surface area contributed by atoms with Crippen LogP contribution in [0.1, 0.15) is 29.3 Å². The Balaban J connectivity index is 1.52. The van der Waals surface area contributed by atoms with Crippen molar-refractivity contribution < 1.29 is 22.4 Å². The van der Waals surface area contributed by atoms with Crippen LogP contribution in [0.4, 0.5) is 10.1 Å². The SMILES string of the molecule is CC(=O)c1ccc(N2CCN(C(=O)CCc3ccc(S(N)(=O)=O)cc3)CC2)c(F)c1. The first-order valence-electron chi connectivity index (χ1n) is 9.60. The van der Waals surface area contributed by atoms with E-state index in [0.717, 1.165) is 5.56 Å². The number of piperazine rings is 1. The lowest BCUT2D eigenvalue weighted by atomic mass is 10.1. The van der Waals surface area contributed by atoms with E-state index in [1.807, 2.05) is 4.90 Å². The molecule has 1 amide bonds. The number of carbonyl (C=O) groups excluding carboxylic acids is 2. The average Bonchev–Trinajstić information content (AvgIpc) is 2.71. The fourth-order valence-electron chi connectivity index (χ4n) is 3.43. The van der Waals surface area contributed by atoms with Crippen molar-refractivity contribution in [3.8, 4) is 0 Å². The molecule has 2 aromatic carbocycles. The van der Waals surface area contributed by atoms with E-state index in [2.05, 4.69) is 0 Å². The van der Waals surface area contributed by atoms with Crippen LogP contribution in [0.25, 0.3) is 0 Å². The summed E-state index contributed by atoms with van der Waals surface area (Å²) in [6.45, 7) is 3.37. The first kappa shape index (κ1) is 21.9. The number of aryl methyl sites for hydroxylation is 1. The number of anilines is 1. The van der Waals surface area contributed by atoms with Crippen molar-refractivity contribution in [2.24, 2.45) is 5.14 Å². The van der Waals surface area contributed by atoms with Crippen molar-refractivity contribution in [3.63, 3.8) is 0 Å². The summed E-state index contributed by atoms with van der Waals surface area (Å²) in [5, 5.41) is 5.08. The fourth-order valence-corrected chi connectivity index (χ4v) is 3.95. The van der Waals surface area contributed by atoms with E-state index in [1.165, 1.54) is 25.1 Å². The Bertz CT molecular complexity index is 1050. The highest BCUT2D eigenvalue weighted by Crippen LogP contribution is 2.22. The van der Waals surface area contributed by atoms with E-state index < -0.39 is 15.8 Å². The lowest BCUT2D eigenvalue weighted by Crippen LogP contribution is -2.49. The zero-order valence-electron chi connectivity index (χ0n) is 16.7. The molecule has 0 aromatic heterocycles. The monoisotopic (exact) mass is 433 g/mol. The van der Waals surface area contributed by atoms with Gasteiger partial charge >= 0.3 is 0 Å². The third-order valence-electron chi connectivity index (χ3n) is 5.21. The number of carbonyl (C=O) groups is 2. The van der Waals surface area contributed by atoms with Crippen LogP contribution >= 0.6 is 0 Å². The number of benzene rings is 2. The van der Waals surface area contributed by atoms with Crippen molar-refractivity contribution >= 4 is 27.4 Å². The van der Waals surface area contributed by atoms with Crippen molar-refractivity contribution in [1.29, 1.82) is 0 Å². The zero-order chi connectivity index (χ0) is 21.9. The molecule has 0 radical (unpaired) electrons. The van der Waals surface area contributed by atoms with Gasteiger partial charge in [-0.15, -0.1) is 0 Å². The van der Waals surface area contributed by atoms with Gasteiger partial charge in [-0.1, -0.05) is 12.1 Å². The lowest BCUT2D eigenvalue weighted by Gasteiger charge is -2.36. The molecule has 160 valence electrons. The van der Waals surface area contributed by atoms with Gasteiger partial charge in [0.05, 0.1) is 10.6 Å². The maximum atomic E-state index is 14.3. The van der Waals surface area contributed by atoms with E-state index in [1.54, 1.807) is 29.2 Å². The Kier molecular flexibility index (Phi) is 6.52. The summed E-state index contributed by atoms with van der Waals surface area (Å²) in [6, 6.07) is 10.6. The zero-order valence-corrected chi connectivity index (χ0v) is 17.5. The molecule has 0 saturated carbocycles. The van der Waals surface area contributed by atoms with E-state index in [9.17, 15) is 22.4 Å². The lowest BCUT2D eigenvalue weighted by molar-refractivity contribution is -0.131. The van der Waals surface area contributed by atoms with E-state index in [-0.39, 0.29) is 16.6 Å². The summed E-state index contributed by atoms with van der Waals surface area (Å²) >= 11 is 0. The normalized spacial score (nSPS) is 14.6. The highest BCUT2D eigenvalue weighted by atomic mass is 32.2. The maximum absolute atomic E-state index is 14.3. The molecule has 2 aromatic rings. The van der Waals surface area contributed by atoms with Gasteiger partial charge in [0.2, 0.25) is 15.9 Å². The number of halogens is 1. The quantitative estimate of drug-likeness (QED) is 0.702. The molecule has 0 atom stereocenters. The van der Waals surface area contributed by atoms with Crippen molar-refractivity contribution in [2.45, 2.75) is 24.7 Å². The van der Waals surface area contributed by atoms with Gasteiger partial charge in [0.15, 0.2) is 5.78 Å². The van der Waals surface area contributed by atoms with Gasteiger partial charge in [0.1, 0.15) is 5.82 Å². The minimum atomic E-state index is -3.73. The number of hydrogen-bond acceptors (Lipinski definition) is 5. The van der Waals surface area contributed by atoms with E-state index in [4.69, 9.17) is 5.14 Å². The van der Waals surface area contributed by atoms with Crippen LogP contribution in [0.3, 0.4) is 0 Å². The number of hydrogen-bond donors (Lipinski definition) is 1. The third kappa shape index (κ3) is 5.22. The first-order valence-corrected chi connectivity index (χ1v) is 11.1. The molecule has 1 saturated heterocycles. The van der Waals surface area contributed by atoms with Gasteiger partial charge in [-0.25, -0.2) is 17.9 Å². The Morgan fingerprint density at radius 1 is 1.03 bits per heavy atom. The molecule has 7 nitrogen and oxygen atoms in total. The Hall–Kier alpha value is -2.78. The van der Waals surface area contributed by atoms with Gasteiger partial charge in [-0.05, 0) is 49.2 Å². The summed E-state index contributed by atoms with van der Waals surface area (Å²) in [4.78, 5) is 27.5. The standard InChI is InChI=1S/C21H24FN3O4S/c1-15(26)17-5-8-20(19(22)14-17)24-10-12-25(13-11-24)21(27)9-4-16-2-6-18(7-3-16)30(23,28)29/h2-3,5-8,14H,4,9-13H2,1H3,(H2,23,28,29). The Morgan fingerprint density at radius 3 is 2.20 bits per heavy atom. The number of nitrogens with zero attached hydrogens (tertiary/aromatic N) is 2. The van der Waals surface area contributed by atoms with Crippen LogP contribution in [0.15, 0.2) is 47.4 Å². The molecule has 0 unspecified atom stereocenters. The number of nitrogens with two attached hydrogens (primary N) is 1. The molecule has 0 spiro atoms. The van der Waals surface area contributed by atoms with E-state index in [0.29, 0.717) is 50.3 Å². The van der Waals surface area contributed by atoms with Crippen LogP contribution in [0.2, 0.25) is 0 Å². The molecule has 30 heavy (non-hydrogen) atoms. The molecular weight excluding hydrogens is 409 g/mol. The summed E-state index contributed by atoms with van der Waals surface area (Å²) in [5.74, 6) is -0.627. The minimum Gasteiger partial charge on any atom is -0.366 e. The van der Waals surface area contributed by atoms with Crippen LogP contribution in [-0.4, -0.2) is 51.2 Å². The summed E-state index contributed by atoms with van der Waals surface area (Å²) < 4.78 is 36.9. The molecule has 0 bridgehead atoms. The molecule has 1 fully saturated rings. The topological polar surface area (TPSA) is 101 Å².